The Bertz CT molecular complexity index is 5080. The highest BCUT2D eigenvalue weighted by Gasteiger charge is 2.53. The smallest absolute Gasteiger partial charge is 0.399 e. The fourth-order valence-electron chi connectivity index (χ4n) is 10.7. The number of H-pyrrole nitrogens is 1. The molecule has 11 heterocycles. The zero-order valence-electron chi connectivity index (χ0n) is 61.4. The molecule has 0 radical (unpaired) electrons. The molecule has 11 aromatic rings. The van der Waals surface area contributed by atoms with Crippen LogP contribution in [0.4, 0.5) is 40.8 Å². The molecule has 0 bridgehead atoms. The second-order valence-electron chi connectivity index (χ2n) is 27.8. The van der Waals surface area contributed by atoms with Crippen LogP contribution in [0.2, 0.25) is 0 Å². The van der Waals surface area contributed by atoms with Gasteiger partial charge in [-0.3, -0.25) is 43.7 Å². The zero-order chi connectivity index (χ0) is 77.7. The van der Waals surface area contributed by atoms with Gasteiger partial charge in [0.2, 0.25) is 0 Å². The largest absolute Gasteiger partial charge is 0.498 e. The number of aromatic amines is 1. The number of fused-ring (bicyclic) bond motifs is 2. The number of benzene rings is 2. The maximum Gasteiger partial charge on any atom is 0.498 e. The summed E-state index contributed by atoms with van der Waals surface area (Å²) in [6.45, 7) is 32.1. The number of nitrogens with one attached hydrogen (secondary N) is 5. The van der Waals surface area contributed by atoms with Crippen molar-refractivity contribution in [1.29, 1.82) is 10.8 Å². The second-order valence-corrected chi connectivity index (χ2v) is 30.7. The number of nitrogens with two attached hydrogens (primary N) is 2. The van der Waals surface area contributed by atoms with Crippen LogP contribution in [0, 0.1) is 34.1 Å². The van der Waals surface area contributed by atoms with Crippen molar-refractivity contribution in [3.8, 4) is 22.3 Å². The number of anilines is 4. The van der Waals surface area contributed by atoms with Gasteiger partial charge in [0.05, 0.1) is 80.0 Å². The molecule has 0 spiro atoms. The highest BCUT2D eigenvalue weighted by atomic mass is 127. The van der Waals surface area contributed by atoms with Crippen molar-refractivity contribution in [1.82, 2.24) is 68.5 Å². The van der Waals surface area contributed by atoms with Crippen molar-refractivity contribution in [2.45, 2.75) is 162 Å². The first-order chi connectivity index (χ1) is 49.8. The topological polar surface area (TPSA) is 345 Å². The summed E-state index contributed by atoms with van der Waals surface area (Å²) in [4.78, 5) is 53.2. The van der Waals surface area contributed by atoms with Gasteiger partial charge in [-0.1, -0.05) is 54.0 Å². The zero-order valence-corrected chi connectivity index (χ0v) is 65.2. The SMILES string of the molecule is CC(C)Br.CC(C)n1cc(B2OC(C)(C)C(C)(C)O2)cn1.CC(C)n1cc(C(=N)c2c(N)ncnc2N[C@@H](C)c2nc3ccc(F)cn3c(=O)c2-c2cccc(F)c2)cn1.CC(Nc1ncnc(N)c1C(=N)I)c1nc2ccc(F)cn2c(=O)c1-c1cccc(F)c1.CC1(C)OB(c2cn[nH]c2)OC1(C)C. The Hall–Kier alpha value is -9.61. The van der Waals surface area contributed by atoms with Crippen LogP contribution in [0.25, 0.3) is 33.5 Å². The van der Waals surface area contributed by atoms with E-state index < -0.39 is 46.5 Å². The van der Waals surface area contributed by atoms with Gasteiger partial charge in [0.15, 0.2) is 0 Å². The fraction of sp³-hybridized carbons (Fsp3) is 0.347. The van der Waals surface area contributed by atoms with Crippen molar-refractivity contribution < 1.29 is 36.2 Å². The van der Waals surface area contributed by atoms with Gasteiger partial charge in [0.25, 0.3) is 11.1 Å². The van der Waals surface area contributed by atoms with Crippen LogP contribution in [-0.4, -0.2) is 119 Å². The molecule has 2 fully saturated rings. The number of alkyl halides is 1. The first-order valence-electron chi connectivity index (χ1n) is 33.7. The van der Waals surface area contributed by atoms with E-state index in [0.717, 1.165) is 32.1 Å². The van der Waals surface area contributed by atoms with E-state index >= 15 is 0 Å². The number of halogens is 6. The predicted molar refractivity (Wildman–Crippen MR) is 417 cm³/mol. The number of hydrogen-bond donors (Lipinski definition) is 7. The van der Waals surface area contributed by atoms with Gasteiger partial charge >= 0.3 is 14.2 Å². The predicted octanol–water partition coefficient (Wildman–Crippen LogP) is 12.6. The minimum Gasteiger partial charge on any atom is -0.399 e. The lowest BCUT2D eigenvalue weighted by molar-refractivity contribution is 0.00578. The number of pyridine rings is 2. The van der Waals surface area contributed by atoms with Gasteiger partial charge in [-0.2, -0.15) is 15.3 Å². The summed E-state index contributed by atoms with van der Waals surface area (Å²) in [5, 5.41) is 38.3. The lowest BCUT2D eigenvalue weighted by atomic mass is 9.82. The van der Waals surface area contributed by atoms with Gasteiger partial charge in [0.1, 0.15) is 74.2 Å². The maximum atomic E-state index is 14.2. The summed E-state index contributed by atoms with van der Waals surface area (Å²) in [5.74, 6) is -1.55. The van der Waals surface area contributed by atoms with Crippen LogP contribution in [-0.2, 0) is 18.6 Å². The minimum atomic E-state index is -0.676. The Morgan fingerprint density at radius 1 is 0.566 bits per heavy atom. The Morgan fingerprint density at radius 2 is 0.981 bits per heavy atom. The Labute approximate surface area is 632 Å². The number of hydrogen-bond acceptors (Lipinski definition) is 21. The summed E-state index contributed by atoms with van der Waals surface area (Å²) < 4.78 is 85.5. The normalized spacial score (nSPS) is 15.2. The quantitative estimate of drug-likeness (QED) is 0.0165. The monoisotopic (exact) mass is 1630 g/mol. The van der Waals surface area contributed by atoms with Gasteiger partial charge in [0, 0.05) is 76.8 Å². The Kier molecular flexibility index (Phi) is 25.1. The molecule has 106 heavy (non-hydrogen) atoms. The summed E-state index contributed by atoms with van der Waals surface area (Å²) in [7, 11) is -0.619. The molecule has 0 amide bonds. The molecule has 2 atom stereocenters. The number of nitrogen functional groups attached to an aromatic ring is 2. The summed E-state index contributed by atoms with van der Waals surface area (Å²) in [5.41, 5.74) is 14.7. The Morgan fingerprint density at radius 3 is 1.38 bits per heavy atom. The van der Waals surface area contributed by atoms with E-state index in [1.54, 1.807) is 78.0 Å². The molecule has 26 nitrogen and oxygen atoms in total. The van der Waals surface area contributed by atoms with Crippen molar-refractivity contribution in [2.75, 3.05) is 22.1 Å². The van der Waals surface area contributed by atoms with E-state index in [1.807, 2.05) is 58.6 Å². The van der Waals surface area contributed by atoms with Gasteiger partial charge < -0.3 is 40.7 Å². The number of aromatic nitrogens is 14. The molecule has 556 valence electrons. The van der Waals surface area contributed by atoms with Crippen LogP contribution in [0.15, 0.2) is 145 Å². The standard InChI is InChI=1S/C27H25F2N9O.C21H16F2IN7O.C12H21BN2O2.C9H15BN2O2.C3H7Br/c1-14(2)38-11-17(10-34-38)23(30)22-25(31)32-13-33-26(22)35-15(3)24-21(16-5-4-6-18(28)9-16)27(39)37-12-19(29)7-8-20(37)36-24;1-10(29-20-16(18(24)25)19(26)27-9-28-20)17-15(11-3-2-4-12(22)7-11)21(32)31-8-13(23)5-6-14(31)30-17;1-9(2)15-8-10(7-14-15)13-16-11(3,4)12(5,6)17-13;1-8(2)9(3,4)14-10(13-8)7-5-11-12-6-7;1-3(2)4/h4-15,30H,1-3H3,(H3,31,32,33,35);2-10,25H,1H3,(H3,26,27,28,29);7-9H,1-6H3;5-6H,1-4H3,(H,11,12);3H,1-2H3/t15-;;;;/m0..../s1. The molecule has 0 aliphatic carbocycles. The van der Waals surface area contributed by atoms with Crippen molar-refractivity contribution >= 4 is 108 Å². The van der Waals surface area contributed by atoms with E-state index in [9.17, 15) is 27.2 Å². The fourth-order valence-corrected chi connectivity index (χ4v) is 11.3. The molecular formula is C72H84B2BrF4IN20O6. The molecule has 13 rings (SSSR count). The minimum absolute atomic E-state index is 0.0575. The molecule has 0 saturated carbocycles. The lowest BCUT2D eigenvalue weighted by Gasteiger charge is -2.32. The molecule has 2 saturated heterocycles. The van der Waals surface area contributed by atoms with Crippen molar-refractivity contribution in [3.63, 3.8) is 0 Å². The highest BCUT2D eigenvalue weighted by molar-refractivity contribution is 14.1. The number of rotatable bonds is 15. The summed E-state index contributed by atoms with van der Waals surface area (Å²) >= 11 is 5.07. The van der Waals surface area contributed by atoms with E-state index in [1.165, 1.54) is 73.3 Å². The maximum absolute atomic E-state index is 14.2. The molecule has 9 N–H and O–H groups in total. The third kappa shape index (κ3) is 18.4. The lowest BCUT2D eigenvalue weighted by Crippen LogP contribution is -2.41. The van der Waals surface area contributed by atoms with Crippen LogP contribution >= 0.6 is 38.5 Å². The summed E-state index contributed by atoms with van der Waals surface area (Å²) in [6, 6.07) is 15.4. The van der Waals surface area contributed by atoms with Gasteiger partial charge in [-0.25, -0.2) is 47.5 Å². The number of nitrogens with zero attached hydrogens (tertiary/aromatic N) is 13. The van der Waals surface area contributed by atoms with Crippen molar-refractivity contribution in [3.05, 3.63) is 207 Å². The second kappa shape index (κ2) is 33.0. The molecule has 9 aromatic heterocycles. The van der Waals surface area contributed by atoms with Crippen LogP contribution in [0.3, 0.4) is 0 Å². The average molecular weight is 1630 g/mol. The molecule has 34 heteroatoms. The van der Waals surface area contributed by atoms with Gasteiger partial charge in [-0.05, 0) is 179 Å². The molecular weight excluding hydrogens is 1550 g/mol. The first-order valence-corrected chi connectivity index (χ1v) is 35.7. The van der Waals surface area contributed by atoms with E-state index in [2.05, 4.69) is 132 Å². The molecule has 2 aliphatic heterocycles. The van der Waals surface area contributed by atoms with Crippen molar-refractivity contribution in [2.24, 2.45) is 0 Å². The van der Waals surface area contributed by atoms with E-state index in [-0.39, 0.29) is 115 Å². The van der Waals surface area contributed by atoms with Crippen LogP contribution in [0.1, 0.15) is 163 Å². The van der Waals surface area contributed by atoms with Crippen LogP contribution in [0.5, 0.6) is 0 Å². The van der Waals surface area contributed by atoms with Crippen LogP contribution < -0.4 is 44.1 Å². The first kappa shape index (κ1) is 80.5. The molecule has 1 unspecified atom stereocenters. The molecule has 2 aromatic carbocycles. The Balaban J connectivity index is 0.000000172. The molecule has 2 aliphatic rings. The summed E-state index contributed by atoms with van der Waals surface area (Å²) in [6.07, 6.45) is 15.2. The van der Waals surface area contributed by atoms with Gasteiger partial charge in [-0.15, -0.1) is 0 Å². The van der Waals surface area contributed by atoms with E-state index in [4.69, 9.17) is 40.9 Å². The highest BCUT2D eigenvalue weighted by Crippen LogP contribution is 2.39. The average Bonchev–Trinajstić information content (AvgIpc) is 1.72. The van der Waals surface area contributed by atoms with E-state index in [0.29, 0.717) is 33.3 Å². The third-order valence-corrected chi connectivity index (χ3v) is 18.3. The third-order valence-electron chi connectivity index (χ3n) is 17.7.